The second-order valence-electron chi connectivity index (χ2n) is 15.2. The molecule has 0 amide bonds. The number of rotatable bonds is 3. The molecule has 3 nitrogen and oxygen atoms in total. The van der Waals surface area contributed by atoms with Gasteiger partial charge in [0.05, 0.1) is 22.1 Å². The number of benzene rings is 9. The van der Waals surface area contributed by atoms with Crippen molar-refractivity contribution >= 4 is 65.2 Å². The average molecular weight is 714 g/mol. The van der Waals surface area contributed by atoms with Gasteiger partial charge in [-0.3, -0.25) is 4.57 Å². The topological polar surface area (TPSA) is 30.7 Å². The lowest BCUT2D eigenvalue weighted by Crippen LogP contribution is -2.04. The first kappa shape index (κ1) is 31.3. The monoisotopic (exact) mass is 713 g/mol. The highest BCUT2D eigenvalue weighted by atomic mass is 15.1. The molecular weight excluding hydrogens is 679 g/mol. The summed E-state index contributed by atoms with van der Waals surface area (Å²) in [5.41, 5.74) is 12.8. The summed E-state index contributed by atoms with van der Waals surface area (Å²) < 4.78 is 2.37. The molecule has 0 saturated heterocycles. The molecule has 56 heavy (non-hydrogen) atoms. The molecule has 11 aromatic rings. The summed E-state index contributed by atoms with van der Waals surface area (Å²) in [5, 5.41) is 9.88. The van der Waals surface area contributed by atoms with Crippen molar-refractivity contribution in [1.29, 1.82) is 0 Å². The zero-order valence-corrected chi connectivity index (χ0v) is 30.7. The van der Waals surface area contributed by atoms with Gasteiger partial charge in [-0.1, -0.05) is 146 Å². The van der Waals surface area contributed by atoms with Gasteiger partial charge < -0.3 is 0 Å². The molecule has 1 aliphatic carbocycles. The molecule has 9 aromatic carbocycles. The van der Waals surface area contributed by atoms with Crippen molar-refractivity contribution in [3.63, 3.8) is 0 Å². The van der Waals surface area contributed by atoms with Gasteiger partial charge in [0.1, 0.15) is 5.69 Å². The first-order chi connectivity index (χ1) is 27.8. The summed E-state index contributed by atoms with van der Waals surface area (Å²) in [6, 6.07) is 66.5. The average Bonchev–Trinajstić information content (AvgIpc) is 3.50. The summed E-state index contributed by atoms with van der Waals surface area (Å²) >= 11 is 0. The Morgan fingerprint density at radius 1 is 0.464 bits per heavy atom. The highest BCUT2D eigenvalue weighted by molar-refractivity contribution is 6.21. The number of aryl methyl sites for hydroxylation is 1. The SMILES string of the molecule is c1ccc2c(c1)CCC(c1ccc3c(c1)c1c4ccccc4ccc1n3-c1nc3ccccc3nc1-c1ccc3c(ccc4ccccc43)c1)c1ccccc1-2. The maximum atomic E-state index is 5.48. The van der Waals surface area contributed by atoms with Gasteiger partial charge in [0.25, 0.3) is 0 Å². The minimum atomic E-state index is 0.265. The predicted molar refractivity (Wildman–Crippen MR) is 234 cm³/mol. The molecule has 0 spiro atoms. The van der Waals surface area contributed by atoms with E-state index in [1.807, 2.05) is 6.07 Å². The standard InChI is InChI=1S/C53H35N3/c1-4-14-39-33(11-1)21-22-36-31-38(24-28-41(36)39)52-53(55-48-20-10-9-19-47(48)54-52)56-49-29-26-37(32-46(49)51-43-16-6-3-13-35(43)25-30-50(51)56)42-27-23-34-12-2-5-15-40(34)44-17-7-8-18-45(42)44/h1-22,24-26,28-32,42H,23,27H2. The fourth-order valence-electron chi connectivity index (χ4n) is 9.60. The Kier molecular flexibility index (Phi) is 6.82. The maximum Gasteiger partial charge on any atom is 0.165 e. The van der Waals surface area contributed by atoms with Crippen molar-refractivity contribution < 1.29 is 0 Å². The lowest BCUT2D eigenvalue weighted by Gasteiger charge is -2.19. The summed E-state index contributed by atoms with van der Waals surface area (Å²) in [5.74, 6) is 1.10. The normalized spacial score (nSPS) is 14.1. The zero-order valence-electron chi connectivity index (χ0n) is 30.7. The molecule has 0 aliphatic heterocycles. The summed E-state index contributed by atoms with van der Waals surface area (Å²) in [6.45, 7) is 0. The van der Waals surface area contributed by atoms with Crippen molar-refractivity contribution in [2.45, 2.75) is 18.8 Å². The van der Waals surface area contributed by atoms with E-state index in [9.17, 15) is 0 Å². The van der Waals surface area contributed by atoms with Crippen molar-refractivity contribution in [1.82, 2.24) is 14.5 Å². The lowest BCUT2D eigenvalue weighted by atomic mass is 9.85. The molecule has 2 heterocycles. The number of para-hydroxylation sites is 2. The van der Waals surface area contributed by atoms with Gasteiger partial charge in [-0.25, -0.2) is 9.97 Å². The molecule has 1 atom stereocenters. The van der Waals surface area contributed by atoms with Gasteiger partial charge in [-0.2, -0.15) is 0 Å². The van der Waals surface area contributed by atoms with E-state index < -0.39 is 0 Å². The fraction of sp³-hybridized carbons (Fsp3) is 0.0566. The molecule has 3 heteroatoms. The van der Waals surface area contributed by atoms with E-state index in [0.717, 1.165) is 52.0 Å². The third-order valence-corrected chi connectivity index (χ3v) is 12.2. The van der Waals surface area contributed by atoms with Crippen LogP contribution >= 0.6 is 0 Å². The van der Waals surface area contributed by atoms with Crippen LogP contribution < -0.4 is 0 Å². The number of fused-ring (bicyclic) bond motifs is 12. The van der Waals surface area contributed by atoms with E-state index in [4.69, 9.17) is 9.97 Å². The van der Waals surface area contributed by atoms with Crippen LogP contribution in [0.4, 0.5) is 0 Å². The van der Waals surface area contributed by atoms with E-state index in [1.54, 1.807) is 0 Å². The minimum absolute atomic E-state index is 0.265. The molecule has 0 N–H and O–H groups in total. The van der Waals surface area contributed by atoms with Gasteiger partial charge in [-0.05, 0) is 109 Å². The molecule has 0 fully saturated rings. The largest absolute Gasteiger partial charge is 0.292 e. The van der Waals surface area contributed by atoms with Crippen LogP contribution in [0.3, 0.4) is 0 Å². The molecule has 1 aliphatic rings. The molecule has 0 bridgehead atoms. The number of hydrogen-bond donors (Lipinski definition) is 0. The van der Waals surface area contributed by atoms with Crippen molar-refractivity contribution in [3.8, 4) is 28.2 Å². The zero-order chi connectivity index (χ0) is 36.7. The third kappa shape index (κ3) is 4.71. The Morgan fingerprint density at radius 2 is 1.12 bits per heavy atom. The van der Waals surface area contributed by atoms with E-state index >= 15 is 0 Å². The number of aromatic nitrogens is 3. The summed E-state index contributed by atoms with van der Waals surface area (Å²) in [7, 11) is 0. The first-order valence-electron chi connectivity index (χ1n) is 19.6. The minimum Gasteiger partial charge on any atom is -0.292 e. The van der Waals surface area contributed by atoms with E-state index in [2.05, 4.69) is 180 Å². The molecule has 12 rings (SSSR count). The first-order valence-corrected chi connectivity index (χ1v) is 19.6. The second-order valence-corrected chi connectivity index (χ2v) is 15.2. The van der Waals surface area contributed by atoms with E-state index in [0.29, 0.717) is 0 Å². The van der Waals surface area contributed by atoms with E-state index in [-0.39, 0.29) is 5.92 Å². The molecule has 0 radical (unpaired) electrons. The van der Waals surface area contributed by atoms with Crippen LogP contribution in [0, 0.1) is 0 Å². The summed E-state index contributed by atoms with van der Waals surface area (Å²) in [4.78, 5) is 10.9. The van der Waals surface area contributed by atoms with Crippen molar-refractivity contribution in [2.75, 3.05) is 0 Å². The predicted octanol–water partition coefficient (Wildman–Crippen LogP) is 13.6. The Bertz CT molecular complexity index is 3390. The van der Waals surface area contributed by atoms with Crippen LogP contribution in [0.1, 0.15) is 29.0 Å². The van der Waals surface area contributed by atoms with Gasteiger partial charge in [0, 0.05) is 22.3 Å². The Hall–Kier alpha value is -7.10. The van der Waals surface area contributed by atoms with Crippen LogP contribution in [-0.2, 0) is 6.42 Å². The molecule has 0 saturated carbocycles. The van der Waals surface area contributed by atoms with Crippen LogP contribution in [-0.4, -0.2) is 14.5 Å². The van der Waals surface area contributed by atoms with E-state index in [1.165, 1.54) is 70.9 Å². The Labute approximate surface area is 324 Å². The molecule has 262 valence electrons. The molecule has 1 unspecified atom stereocenters. The number of nitrogens with zero attached hydrogens (tertiary/aromatic N) is 3. The second kappa shape index (κ2) is 12.2. The van der Waals surface area contributed by atoms with Gasteiger partial charge in [-0.15, -0.1) is 0 Å². The maximum absolute atomic E-state index is 5.48. The Morgan fingerprint density at radius 3 is 2.02 bits per heavy atom. The quantitative estimate of drug-likeness (QED) is 0.171. The lowest BCUT2D eigenvalue weighted by molar-refractivity contribution is 0.727. The van der Waals surface area contributed by atoms with Crippen LogP contribution in [0.25, 0.3) is 93.4 Å². The highest BCUT2D eigenvalue weighted by Gasteiger charge is 2.26. The van der Waals surface area contributed by atoms with Crippen LogP contribution in [0.15, 0.2) is 182 Å². The summed E-state index contributed by atoms with van der Waals surface area (Å²) in [6.07, 6.45) is 2.09. The van der Waals surface area contributed by atoms with Crippen molar-refractivity contribution in [3.05, 3.63) is 199 Å². The van der Waals surface area contributed by atoms with Crippen LogP contribution in [0.2, 0.25) is 0 Å². The highest BCUT2D eigenvalue weighted by Crippen LogP contribution is 2.45. The number of hydrogen-bond acceptors (Lipinski definition) is 2. The van der Waals surface area contributed by atoms with Crippen molar-refractivity contribution in [2.24, 2.45) is 0 Å². The van der Waals surface area contributed by atoms with Crippen LogP contribution in [0.5, 0.6) is 0 Å². The molecular formula is C53H35N3. The molecule has 2 aromatic heterocycles. The Balaban J connectivity index is 1.13. The van der Waals surface area contributed by atoms with Gasteiger partial charge in [0.2, 0.25) is 0 Å². The van der Waals surface area contributed by atoms with Gasteiger partial charge in [0.15, 0.2) is 5.82 Å². The fourth-order valence-corrected chi connectivity index (χ4v) is 9.60. The smallest absolute Gasteiger partial charge is 0.165 e. The third-order valence-electron chi connectivity index (χ3n) is 12.2. The van der Waals surface area contributed by atoms with Gasteiger partial charge >= 0.3 is 0 Å².